The second-order valence-electron chi connectivity index (χ2n) is 3.90. The van der Waals surface area contributed by atoms with Gasteiger partial charge in [0.05, 0.1) is 5.39 Å². The Hall–Kier alpha value is -2.09. The molecular weight excluding hydrogens is 200 g/mol. The van der Waals surface area contributed by atoms with E-state index in [1.807, 2.05) is 42.5 Å². The Morgan fingerprint density at radius 3 is 2.75 bits per heavy atom. The smallest absolute Gasteiger partial charge is 0.344 e. The summed E-state index contributed by atoms with van der Waals surface area (Å²) in [6, 6.07) is 13.7. The molecule has 0 fully saturated rings. The van der Waals surface area contributed by atoms with Gasteiger partial charge in [-0.1, -0.05) is 30.3 Å². The molecule has 0 N–H and O–H groups in total. The van der Waals surface area contributed by atoms with Crippen molar-refractivity contribution in [1.82, 2.24) is 0 Å². The fraction of sp³-hybridized carbons (Fsp3) is 0.0714. The van der Waals surface area contributed by atoms with Gasteiger partial charge in [-0.25, -0.2) is 4.79 Å². The molecule has 2 nitrogen and oxygen atoms in total. The highest BCUT2D eigenvalue weighted by Crippen LogP contribution is 2.31. The van der Waals surface area contributed by atoms with Crippen LogP contribution in [0.5, 0.6) is 0 Å². The lowest BCUT2D eigenvalue weighted by Gasteiger charge is -1.93. The summed E-state index contributed by atoms with van der Waals surface area (Å²) in [7, 11) is 0. The number of rotatable bonds is 0. The van der Waals surface area contributed by atoms with Gasteiger partial charge >= 0.3 is 5.63 Å². The maximum Gasteiger partial charge on any atom is 0.344 e. The highest BCUT2D eigenvalue weighted by molar-refractivity contribution is 6.01. The minimum absolute atomic E-state index is 0.254. The molecule has 2 aliphatic rings. The van der Waals surface area contributed by atoms with Gasteiger partial charge in [-0.05, 0) is 35.6 Å². The van der Waals surface area contributed by atoms with Gasteiger partial charge in [0.25, 0.3) is 0 Å². The maximum absolute atomic E-state index is 11.8. The third-order valence-electron chi connectivity index (χ3n) is 2.76. The van der Waals surface area contributed by atoms with Crippen LogP contribution >= 0.6 is 0 Å². The van der Waals surface area contributed by atoms with Crippen LogP contribution in [0.4, 0.5) is 0 Å². The van der Waals surface area contributed by atoms with E-state index in [1.54, 1.807) is 6.92 Å². The van der Waals surface area contributed by atoms with Gasteiger partial charge in [-0.15, -0.1) is 0 Å². The largest absolute Gasteiger partial charge is 0.428 e. The first-order chi connectivity index (χ1) is 7.75. The van der Waals surface area contributed by atoms with E-state index in [0.29, 0.717) is 11.1 Å². The van der Waals surface area contributed by atoms with Gasteiger partial charge < -0.3 is 4.42 Å². The SMILES string of the molecule is Cc1cc2cc3cccccc-3c2c(=O)o1. The third-order valence-corrected chi connectivity index (χ3v) is 2.76. The van der Waals surface area contributed by atoms with Crippen LogP contribution in [-0.2, 0) is 0 Å². The van der Waals surface area contributed by atoms with E-state index >= 15 is 0 Å². The molecule has 0 radical (unpaired) electrons. The Morgan fingerprint density at radius 2 is 1.88 bits per heavy atom. The van der Waals surface area contributed by atoms with Crippen LogP contribution < -0.4 is 5.63 Å². The summed E-state index contributed by atoms with van der Waals surface area (Å²) in [5, 5.41) is 1.63. The zero-order chi connectivity index (χ0) is 11.1. The Bertz CT molecular complexity index is 695. The van der Waals surface area contributed by atoms with Crippen molar-refractivity contribution in [3.05, 3.63) is 58.6 Å². The summed E-state index contributed by atoms with van der Waals surface area (Å²) < 4.78 is 5.13. The van der Waals surface area contributed by atoms with Gasteiger partial charge in [-0.3, -0.25) is 0 Å². The van der Waals surface area contributed by atoms with E-state index in [2.05, 4.69) is 0 Å². The van der Waals surface area contributed by atoms with Crippen molar-refractivity contribution in [3.63, 3.8) is 0 Å². The van der Waals surface area contributed by atoms with Crippen LogP contribution in [0.2, 0.25) is 0 Å². The second-order valence-corrected chi connectivity index (χ2v) is 3.90. The van der Waals surface area contributed by atoms with Crippen molar-refractivity contribution in [1.29, 1.82) is 0 Å². The molecular formula is C14H10O2. The Kier molecular flexibility index (Phi) is 1.83. The van der Waals surface area contributed by atoms with E-state index in [9.17, 15) is 4.79 Å². The van der Waals surface area contributed by atoms with Gasteiger partial charge in [0, 0.05) is 0 Å². The van der Waals surface area contributed by atoms with E-state index in [-0.39, 0.29) is 5.63 Å². The lowest BCUT2D eigenvalue weighted by Crippen LogP contribution is -1.98. The number of hydrogen-bond acceptors (Lipinski definition) is 2. The summed E-state index contributed by atoms with van der Waals surface area (Å²) in [6.07, 6.45) is 0. The highest BCUT2D eigenvalue weighted by Gasteiger charge is 2.12. The standard InChI is InChI=1S/C14H10O2/c1-9-7-11-8-10-5-3-2-4-6-12(10)13(11)14(15)16-9/h2-8H,1H3. The summed E-state index contributed by atoms with van der Waals surface area (Å²) in [4.78, 5) is 11.8. The Morgan fingerprint density at radius 1 is 1.06 bits per heavy atom. The monoisotopic (exact) mass is 210 g/mol. The topological polar surface area (TPSA) is 30.2 Å². The molecule has 1 heterocycles. The first-order valence-electron chi connectivity index (χ1n) is 5.18. The normalized spacial score (nSPS) is 11.1. The molecule has 1 aromatic heterocycles. The van der Waals surface area contributed by atoms with Crippen molar-refractivity contribution in [2.45, 2.75) is 6.92 Å². The van der Waals surface area contributed by atoms with Crippen LogP contribution in [0.15, 0.2) is 51.7 Å². The van der Waals surface area contributed by atoms with Crippen LogP contribution in [0.25, 0.3) is 21.9 Å². The first-order valence-corrected chi connectivity index (χ1v) is 5.18. The van der Waals surface area contributed by atoms with E-state index in [0.717, 1.165) is 16.5 Å². The van der Waals surface area contributed by atoms with E-state index in [4.69, 9.17) is 4.42 Å². The summed E-state index contributed by atoms with van der Waals surface area (Å²) >= 11 is 0. The fourth-order valence-corrected chi connectivity index (χ4v) is 2.10. The molecule has 78 valence electrons. The summed E-state index contributed by atoms with van der Waals surface area (Å²) in [5.41, 5.74) is 1.77. The zero-order valence-corrected chi connectivity index (χ0v) is 8.86. The molecule has 0 unspecified atom stereocenters. The van der Waals surface area contributed by atoms with Gasteiger partial charge in [0.15, 0.2) is 0 Å². The molecule has 0 aliphatic heterocycles. The number of hydrogen-bond donors (Lipinski definition) is 0. The molecule has 0 saturated heterocycles. The lowest BCUT2D eigenvalue weighted by molar-refractivity contribution is 0.489. The molecule has 0 aromatic carbocycles. The van der Waals surface area contributed by atoms with E-state index < -0.39 is 0 Å². The molecule has 16 heavy (non-hydrogen) atoms. The average molecular weight is 210 g/mol. The van der Waals surface area contributed by atoms with Crippen molar-refractivity contribution in [2.24, 2.45) is 0 Å². The van der Waals surface area contributed by atoms with E-state index in [1.165, 1.54) is 0 Å². The van der Waals surface area contributed by atoms with Crippen molar-refractivity contribution in [2.75, 3.05) is 0 Å². The second kappa shape index (κ2) is 3.20. The lowest BCUT2D eigenvalue weighted by atomic mass is 10.1. The average Bonchev–Trinajstić information content (AvgIpc) is 2.42. The molecule has 0 bridgehead atoms. The molecule has 0 atom stereocenters. The summed E-state index contributed by atoms with van der Waals surface area (Å²) in [6.45, 7) is 1.79. The maximum atomic E-state index is 11.8. The molecule has 0 saturated carbocycles. The van der Waals surface area contributed by atoms with Gasteiger partial charge in [0.1, 0.15) is 5.76 Å². The van der Waals surface area contributed by atoms with Crippen molar-refractivity contribution in [3.8, 4) is 11.1 Å². The Balaban J connectivity index is 2.57. The molecule has 2 heteroatoms. The number of fused-ring (bicyclic) bond motifs is 3. The highest BCUT2D eigenvalue weighted by atomic mass is 16.4. The minimum Gasteiger partial charge on any atom is -0.428 e. The predicted molar refractivity (Wildman–Crippen MR) is 63.8 cm³/mol. The number of aryl methyl sites for hydroxylation is 1. The van der Waals surface area contributed by atoms with Crippen molar-refractivity contribution >= 4 is 10.8 Å². The first kappa shape index (κ1) is 9.16. The summed E-state index contributed by atoms with van der Waals surface area (Å²) in [5.74, 6) is 0.650. The Labute approximate surface area is 92.5 Å². The van der Waals surface area contributed by atoms with Crippen molar-refractivity contribution < 1.29 is 4.42 Å². The molecule has 1 aromatic rings. The molecule has 0 amide bonds. The molecule has 2 aliphatic carbocycles. The van der Waals surface area contributed by atoms with Gasteiger partial charge in [-0.2, -0.15) is 0 Å². The van der Waals surface area contributed by atoms with Crippen LogP contribution in [0.3, 0.4) is 0 Å². The van der Waals surface area contributed by atoms with Crippen LogP contribution in [-0.4, -0.2) is 0 Å². The fourth-order valence-electron chi connectivity index (χ4n) is 2.10. The van der Waals surface area contributed by atoms with Crippen LogP contribution in [0, 0.1) is 6.92 Å². The minimum atomic E-state index is -0.254. The third kappa shape index (κ3) is 1.23. The molecule has 0 spiro atoms. The predicted octanol–water partition coefficient (Wildman–Crippen LogP) is 3.21. The zero-order valence-electron chi connectivity index (χ0n) is 8.86. The molecule has 3 rings (SSSR count). The van der Waals surface area contributed by atoms with Gasteiger partial charge in [0.2, 0.25) is 0 Å². The van der Waals surface area contributed by atoms with Crippen LogP contribution in [0.1, 0.15) is 5.76 Å². The quantitative estimate of drug-likeness (QED) is 0.570.